The van der Waals surface area contributed by atoms with Gasteiger partial charge in [-0.1, -0.05) is 6.92 Å². The average Bonchev–Trinajstić information content (AvgIpc) is 2.48. The van der Waals surface area contributed by atoms with Gasteiger partial charge in [0.1, 0.15) is 0 Å². The van der Waals surface area contributed by atoms with E-state index in [4.69, 9.17) is 11.1 Å². The van der Waals surface area contributed by atoms with E-state index in [0.717, 1.165) is 19.6 Å². The van der Waals surface area contributed by atoms with Crippen LogP contribution in [0.15, 0.2) is 0 Å². The van der Waals surface area contributed by atoms with Gasteiger partial charge in [-0.25, -0.2) is 0 Å². The first kappa shape index (κ1) is 9.32. The highest BCUT2D eigenvalue weighted by molar-refractivity contribution is 5.74. The third-order valence-electron chi connectivity index (χ3n) is 2.40. The maximum absolute atomic E-state index is 7.01. The Balaban J connectivity index is 2.15. The maximum atomic E-state index is 7.01. The monoisotopic (exact) mass is 170 g/mol. The number of likely N-dealkylation sites (tertiary alicyclic amines) is 1. The van der Waals surface area contributed by atoms with Crippen molar-refractivity contribution in [1.82, 2.24) is 10.2 Å². The number of nitrogens with one attached hydrogen (secondary N) is 2. The molecular weight excluding hydrogens is 152 g/mol. The lowest BCUT2D eigenvalue weighted by Crippen LogP contribution is -2.35. The summed E-state index contributed by atoms with van der Waals surface area (Å²) in [5.41, 5.74) is 5.20. The second-order valence-electron chi connectivity index (χ2n) is 3.34. The van der Waals surface area contributed by atoms with E-state index in [1.807, 2.05) is 0 Å². The molecule has 4 nitrogen and oxygen atoms in total. The van der Waals surface area contributed by atoms with Gasteiger partial charge >= 0.3 is 0 Å². The molecule has 12 heavy (non-hydrogen) atoms. The molecule has 1 aliphatic heterocycles. The van der Waals surface area contributed by atoms with Gasteiger partial charge in [0.2, 0.25) is 0 Å². The Hall–Kier alpha value is -0.770. The molecule has 0 unspecified atom stereocenters. The van der Waals surface area contributed by atoms with Crippen LogP contribution in [-0.4, -0.2) is 37.0 Å². The van der Waals surface area contributed by atoms with Crippen LogP contribution >= 0.6 is 0 Å². The van der Waals surface area contributed by atoms with Crippen LogP contribution in [0.4, 0.5) is 0 Å². The molecule has 1 saturated heterocycles. The molecule has 0 aromatic carbocycles. The fourth-order valence-electron chi connectivity index (χ4n) is 1.62. The number of guanidine groups is 1. The Morgan fingerprint density at radius 2 is 2.50 bits per heavy atom. The summed E-state index contributed by atoms with van der Waals surface area (Å²) in [6.45, 7) is 6.51. The highest BCUT2D eigenvalue weighted by atomic mass is 15.1. The first-order valence-electron chi connectivity index (χ1n) is 4.52. The van der Waals surface area contributed by atoms with Crippen LogP contribution < -0.4 is 11.1 Å². The third kappa shape index (κ3) is 2.70. The van der Waals surface area contributed by atoms with Crippen LogP contribution in [0.1, 0.15) is 13.3 Å². The van der Waals surface area contributed by atoms with Crippen molar-refractivity contribution in [2.45, 2.75) is 13.3 Å². The second kappa shape index (κ2) is 4.30. The molecule has 1 heterocycles. The lowest BCUT2D eigenvalue weighted by atomic mass is 10.1. The molecular formula is C8H18N4. The molecule has 0 radical (unpaired) electrons. The topological polar surface area (TPSA) is 65.1 Å². The fourth-order valence-corrected chi connectivity index (χ4v) is 1.62. The maximum Gasteiger partial charge on any atom is 0.185 e. The first-order valence-corrected chi connectivity index (χ1v) is 4.52. The molecule has 4 heteroatoms. The average molecular weight is 170 g/mol. The van der Waals surface area contributed by atoms with E-state index < -0.39 is 0 Å². The number of nitrogens with zero attached hydrogens (tertiary/aromatic N) is 1. The Bertz CT molecular complexity index is 157. The summed E-state index contributed by atoms with van der Waals surface area (Å²) in [6, 6.07) is 0. The van der Waals surface area contributed by atoms with E-state index in [2.05, 4.69) is 17.1 Å². The zero-order chi connectivity index (χ0) is 8.97. The van der Waals surface area contributed by atoms with Crippen molar-refractivity contribution in [3.8, 4) is 0 Å². The van der Waals surface area contributed by atoms with E-state index in [1.165, 1.54) is 13.0 Å². The van der Waals surface area contributed by atoms with Gasteiger partial charge in [-0.05, 0) is 25.4 Å². The normalized spacial score (nSPS) is 24.2. The summed E-state index contributed by atoms with van der Waals surface area (Å²) in [6.07, 6.45) is 1.23. The Labute approximate surface area is 73.6 Å². The summed E-state index contributed by atoms with van der Waals surface area (Å²) in [5.74, 6) is 0.763. The summed E-state index contributed by atoms with van der Waals surface area (Å²) >= 11 is 0. The number of hydrogen-bond acceptors (Lipinski definition) is 2. The van der Waals surface area contributed by atoms with Crippen LogP contribution in [0, 0.1) is 11.3 Å². The van der Waals surface area contributed by atoms with Crippen molar-refractivity contribution in [1.29, 1.82) is 5.41 Å². The van der Waals surface area contributed by atoms with Crippen LogP contribution in [-0.2, 0) is 0 Å². The lowest BCUT2D eigenvalue weighted by molar-refractivity contribution is 0.342. The summed E-state index contributed by atoms with van der Waals surface area (Å²) in [4.78, 5) is 2.42. The number of nitrogens with two attached hydrogens (primary N) is 1. The van der Waals surface area contributed by atoms with Crippen LogP contribution in [0.3, 0.4) is 0 Å². The quantitative estimate of drug-likeness (QED) is 0.406. The molecule has 0 amide bonds. The van der Waals surface area contributed by atoms with Gasteiger partial charge in [-0.2, -0.15) is 0 Å². The highest BCUT2D eigenvalue weighted by Crippen LogP contribution is 2.14. The minimum absolute atomic E-state index is 0.0879. The zero-order valence-electron chi connectivity index (χ0n) is 7.64. The standard InChI is InChI=1S/C8H18N4/c1-2-12-4-3-7(6-12)5-11-8(9)10/h7H,2-6H2,1H3,(H4,9,10,11)/t7-/m0/s1. The second-order valence-corrected chi connectivity index (χ2v) is 3.34. The van der Waals surface area contributed by atoms with Gasteiger partial charge in [0.15, 0.2) is 5.96 Å². The molecule has 1 aliphatic rings. The fraction of sp³-hybridized carbons (Fsp3) is 0.875. The van der Waals surface area contributed by atoms with E-state index in [9.17, 15) is 0 Å². The van der Waals surface area contributed by atoms with Gasteiger partial charge in [0.25, 0.3) is 0 Å². The van der Waals surface area contributed by atoms with Gasteiger partial charge in [0, 0.05) is 13.1 Å². The summed E-state index contributed by atoms with van der Waals surface area (Å²) in [7, 11) is 0. The Morgan fingerprint density at radius 1 is 1.75 bits per heavy atom. The van der Waals surface area contributed by atoms with Crippen LogP contribution in [0.25, 0.3) is 0 Å². The SMILES string of the molecule is CCN1CC[C@@H](CNC(=N)N)C1. The number of rotatable bonds is 3. The molecule has 1 rings (SSSR count). The number of hydrogen-bond donors (Lipinski definition) is 3. The van der Waals surface area contributed by atoms with Gasteiger partial charge in [0.05, 0.1) is 0 Å². The zero-order valence-corrected chi connectivity index (χ0v) is 7.64. The highest BCUT2D eigenvalue weighted by Gasteiger charge is 2.20. The van der Waals surface area contributed by atoms with E-state index in [1.54, 1.807) is 0 Å². The molecule has 4 N–H and O–H groups in total. The predicted octanol–water partition coefficient (Wildman–Crippen LogP) is -0.189. The largest absolute Gasteiger partial charge is 0.370 e. The predicted molar refractivity (Wildman–Crippen MR) is 50.1 cm³/mol. The van der Waals surface area contributed by atoms with Crippen molar-refractivity contribution in [3.05, 3.63) is 0 Å². The van der Waals surface area contributed by atoms with Crippen molar-refractivity contribution in [2.24, 2.45) is 11.7 Å². The molecule has 1 atom stereocenters. The van der Waals surface area contributed by atoms with E-state index in [0.29, 0.717) is 5.92 Å². The lowest BCUT2D eigenvalue weighted by Gasteiger charge is -2.13. The van der Waals surface area contributed by atoms with Crippen LogP contribution in [0.5, 0.6) is 0 Å². The summed E-state index contributed by atoms with van der Waals surface area (Å²) < 4.78 is 0. The van der Waals surface area contributed by atoms with E-state index >= 15 is 0 Å². The molecule has 0 aromatic heterocycles. The van der Waals surface area contributed by atoms with Crippen LogP contribution in [0.2, 0.25) is 0 Å². The van der Waals surface area contributed by atoms with Crippen molar-refractivity contribution in [3.63, 3.8) is 0 Å². The smallest absolute Gasteiger partial charge is 0.185 e. The van der Waals surface area contributed by atoms with Gasteiger partial charge < -0.3 is 16.0 Å². The molecule has 1 fully saturated rings. The third-order valence-corrected chi connectivity index (χ3v) is 2.40. The van der Waals surface area contributed by atoms with Gasteiger partial charge in [-0.3, -0.25) is 5.41 Å². The molecule has 0 bridgehead atoms. The molecule has 0 saturated carbocycles. The molecule has 0 spiro atoms. The molecule has 0 aromatic rings. The summed E-state index contributed by atoms with van der Waals surface area (Å²) in [5, 5.41) is 9.87. The van der Waals surface area contributed by atoms with E-state index in [-0.39, 0.29) is 5.96 Å². The van der Waals surface area contributed by atoms with Crippen molar-refractivity contribution >= 4 is 5.96 Å². The first-order chi connectivity index (χ1) is 5.72. The molecule has 0 aliphatic carbocycles. The van der Waals surface area contributed by atoms with Gasteiger partial charge in [-0.15, -0.1) is 0 Å². The minimum Gasteiger partial charge on any atom is -0.370 e. The Morgan fingerprint density at radius 3 is 3.00 bits per heavy atom. The Kier molecular flexibility index (Phi) is 3.34. The van der Waals surface area contributed by atoms with Crippen molar-refractivity contribution < 1.29 is 0 Å². The minimum atomic E-state index is 0.0879. The van der Waals surface area contributed by atoms with Crippen molar-refractivity contribution in [2.75, 3.05) is 26.2 Å². The molecule has 70 valence electrons.